The average molecular weight is 1860 g/mol. The lowest BCUT2D eigenvalue weighted by Crippen LogP contribution is -1.93. The van der Waals surface area contributed by atoms with Crippen LogP contribution in [0.25, 0.3) is 0 Å². The zero-order valence-corrected chi connectivity index (χ0v) is 71.3. The Morgan fingerprint density at radius 3 is 0.963 bits per heavy atom. The highest BCUT2D eigenvalue weighted by molar-refractivity contribution is 5.86. The van der Waals surface area contributed by atoms with Gasteiger partial charge < -0.3 is 126 Å². The van der Waals surface area contributed by atoms with Crippen LogP contribution in [0.2, 0.25) is 0 Å². The number of carbonyl (C=O) groups excluding carboxylic acids is 13. The number of hydrogen-bond acceptors (Lipinski definition) is 38. The van der Waals surface area contributed by atoms with Crippen LogP contribution in [0, 0.1) is 0 Å². The van der Waals surface area contributed by atoms with Gasteiger partial charge in [-0.25, -0.2) is 0 Å². The summed E-state index contributed by atoms with van der Waals surface area (Å²) in [5, 5.41) is 187. The molecule has 0 spiro atoms. The van der Waals surface area contributed by atoms with Crippen LogP contribution in [0.1, 0.15) is 149 Å². The van der Waals surface area contributed by atoms with Crippen LogP contribution < -0.4 is 18.9 Å². The molecule has 0 aromatic heterocycles. The Hall–Kier alpha value is -19.4. The number of aldehydes is 13. The van der Waals surface area contributed by atoms with Crippen molar-refractivity contribution >= 4 is 81.7 Å². The Morgan fingerprint density at radius 1 is 0.185 bits per heavy atom. The number of para-hydroxylation sites is 4. The van der Waals surface area contributed by atoms with Crippen LogP contribution in [0.3, 0.4) is 0 Å². The number of ether oxygens (including phenoxy) is 4. The van der Waals surface area contributed by atoms with E-state index < -0.39 is 34.5 Å². The van der Waals surface area contributed by atoms with E-state index >= 15 is 0 Å². The summed E-state index contributed by atoms with van der Waals surface area (Å²) in [6, 6.07) is 57.2. The number of methoxy groups -OCH3 is 2. The molecule has 0 atom stereocenters. The molecule has 135 heavy (non-hydrogen) atoms. The third-order valence-corrected chi connectivity index (χ3v) is 15.8. The molecule has 38 heteroatoms. The molecule has 0 saturated heterocycles. The molecular formula is C97H90O38. The monoisotopic (exact) mass is 1860 g/mol. The molecule has 0 aliphatic heterocycles. The van der Waals surface area contributed by atoms with Gasteiger partial charge in [-0.1, -0.05) is 42.5 Å². The van der Waals surface area contributed by atoms with Gasteiger partial charge in [-0.3, -0.25) is 62.3 Å². The fraction of sp³-hybridized carbons (Fsp3) is 0.0619. The number of rotatable bonds is 19. The number of phenolic OH excluding ortho intramolecular Hbond substituents is 21. The second-order valence-corrected chi connectivity index (χ2v) is 25.1. The van der Waals surface area contributed by atoms with Gasteiger partial charge in [0.25, 0.3) is 0 Å². The third-order valence-electron chi connectivity index (χ3n) is 15.8. The Labute approximate surface area is 766 Å². The first kappa shape index (κ1) is 114. The van der Waals surface area contributed by atoms with Gasteiger partial charge in [0, 0.05) is 39.4 Å². The van der Waals surface area contributed by atoms with Crippen molar-refractivity contribution in [1.29, 1.82) is 0 Å². The van der Waals surface area contributed by atoms with Crippen molar-refractivity contribution in [3.05, 3.63) is 315 Å². The third kappa shape index (κ3) is 41.3. The lowest BCUT2D eigenvalue weighted by molar-refractivity contribution is 0.111. The van der Waals surface area contributed by atoms with Crippen LogP contribution >= 0.6 is 0 Å². The quantitative estimate of drug-likeness (QED) is 0.0203. The van der Waals surface area contributed by atoms with E-state index in [1.807, 2.05) is 13.8 Å². The molecule has 0 amide bonds. The smallest absolute Gasteiger partial charge is 0.201 e. The number of phenols is 21. The first-order valence-corrected chi connectivity index (χ1v) is 37.8. The number of benzene rings is 13. The molecule has 13 rings (SSSR count). The summed E-state index contributed by atoms with van der Waals surface area (Å²) in [5.41, 5.74) is 3.65. The molecule has 21 N–H and O–H groups in total. The fourth-order valence-electron chi connectivity index (χ4n) is 8.98. The highest BCUT2D eigenvalue weighted by atomic mass is 16.5. The second kappa shape index (κ2) is 62.7. The van der Waals surface area contributed by atoms with E-state index in [4.69, 9.17) is 111 Å². The van der Waals surface area contributed by atoms with Crippen molar-refractivity contribution in [2.24, 2.45) is 0 Å². The summed E-state index contributed by atoms with van der Waals surface area (Å²) in [6.07, 6.45) is 7.56. The lowest BCUT2D eigenvalue weighted by Gasteiger charge is -2.05. The molecule has 0 fully saturated rings. The maximum Gasteiger partial charge on any atom is 0.201 e. The molecule has 0 aliphatic rings. The molecule has 0 aliphatic carbocycles. The molecule has 38 nitrogen and oxygen atoms in total. The number of carbonyl (C=O) groups is 13. The highest BCUT2D eigenvalue weighted by Gasteiger charge is 2.13. The topological polar surface area (TPSA) is 684 Å². The molecule has 0 saturated carbocycles. The minimum atomic E-state index is -0.672. The van der Waals surface area contributed by atoms with E-state index in [0.29, 0.717) is 145 Å². The van der Waals surface area contributed by atoms with Gasteiger partial charge in [-0.2, -0.15) is 0 Å². The van der Waals surface area contributed by atoms with E-state index in [1.54, 1.807) is 66.7 Å². The molecule has 0 radical (unpaired) electrons. The van der Waals surface area contributed by atoms with E-state index in [1.165, 1.54) is 166 Å². The Morgan fingerprint density at radius 2 is 0.519 bits per heavy atom. The minimum Gasteiger partial charge on any atom is -0.508 e. The van der Waals surface area contributed by atoms with Crippen molar-refractivity contribution < 1.29 is 189 Å². The van der Waals surface area contributed by atoms with E-state index in [-0.39, 0.29) is 125 Å². The van der Waals surface area contributed by atoms with E-state index in [9.17, 15) is 77.6 Å². The summed E-state index contributed by atoms with van der Waals surface area (Å²) in [5.74, 6) is -3.30. The molecule has 0 heterocycles. The fourth-order valence-corrected chi connectivity index (χ4v) is 8.98. The Kier molecular flexibility index (Phi) is 52.7. The standard InChI is InChI=1S/2C9H10O3.2C8H8O3.2C7H6O4.4C7H6O3.3C7H6O2/c1-2-12-9-5-7(6-10)3-4-8(9)11;1-2-12-8-5-3-4-7(6-10)9(8)11;1-11-8-4-6(5-9)2-3-7(8)10;1-11-7-4-2-3-6(5-9)8(7)10;8-3-4-1-5(9)7(11)6(10)2-4;8-3-4-1-2-5(9)7(11)6(4)10;8-4-5-3-6(9)1-2-7(5)10;8-4-5-1-2-6(9)3-7(5)10;8-4-5-1-2-6(9)7(10)3-5;8-4-5-2-1-3-6(9)7(5)10;8-5-6-1-3-7(9)4-2-6;8-5-6-2-1-3-7(9)4-6;8-5-6-3-1-2-4-7(6)9/h2*3-6,11H,2H2,1H3;2*2-5,10H,1H3;2*1-3,9-11H;4*1-4,9-10H;3*1-5,9H. The van der Waals surface area contributed by atoms with Gasteiger partial charge in [-0.15, -0.1) is 0 Å². The van der Waals surface area contributed by atoms with Gasteiger partial charge in [0.1, 0.15) is 78.0 Å². The van der Waals surface area contributed by atoms with Crippen LogP contribution in [-0.2, 0) is 0 Å². The summed E-state index contributed by atoms with van der Waals surface area (Å²) in [7, 11) is 2.87. The summed E-state index contributed by atoms with van der Waals surface area (Å²) < 4.78 is 19.7. The number of hydrogen-bond donors (Lipinski definition) is 21. The normalized spacial score (nSPS) is 9.21. The van der Waals surface area contributed by atoms with Gasteiger partial charge >= 0.3 is 0 Å². The number of aromatic hydroxyl groups is 21. The second-order valence-electron chi connectivity index (χ2n) is 25.1. The van der Waals surface area contributed by atoms with Crippen molar-refractivity contribution in [3.63, 3.8) is 0 Å². The summed E-state index contributed by atoms with van der Waals surface area (Å²) >= 11 is 0. The Balaban J connectivity index is 0.000000732. The summed E-state index contributed by atoms with van der Waals surface area (Å²) in [4.78, 5) is 132. The van der Waals surface area contributed by atoms with E-state index in [2.05, 4.69) is 0 Å². The van der Waals surface area contributed by atoms with Crippen molar-refractivity contribution in [2.45, 2.75) is 13.8 Å². The van der Waals surface area contributed by atoms with Crippen molar-refractivity contribution in [3.8, 4) is 144 Å². The van der Waals surface area contributed by atoms with Gasteiger partial charge in [0.2, 0.25) is 5.75 Å². The maximum atomic E-state index is 10.4. The highest BCUT2D eigenvalue weighted by Crippen LogP contribution is 2.38. The van der Waals surface area contributed by atoms with Crippen LogP contribution in [0.5, 0.6) is 144 Å². The van der Waals surface area contributed by atoms with Gasteiger partial charge in [0.05, 0.1) is 66.4 Å². The summed E-state index contributed by atoms with van der Waals surface area (Å²) in [6.45, 7) is 4.56. The first-order chi connectivity index (χ1) is 64.4. The van der Waals surface area contributed by atoms with Gasteiger partial charge in [0.15, 0.2) is 142 Å². The molecule has 0 bridgehead atoms. The molecule has 13 aromatic carbocycles. The Bertz CT molecular complexity index is 6000. The molecular weight excluding hydrogens is 1770 g/mol. The van der Waals surface area contributed by atoms with Crippen molar-refractivity contribution in [1.82, 2.24) is 0 Å². The SMILES string of the molecule is CCOc1cc(C=O)ccc1O.CCOc1cccc(C=O)c1O.COc1cc(C=O)ccc1O.COc1cccc(C=O)c1O.O=Cc1cc(O)c(O)c(O)c1.O=Cc1cc(O)ccc1O.O=Cc1ccc(O)c(O)c1.O=Cc1ccc(O)c(O)c1O.O=Cc1ccc(O)cc1.O=Cc1ccc(O)cc1O.O=Cc1cccc(O)c1.O=Cc1cccc(O)c1O.O=Cc1ccccc1O. The zero-order valence-electron chi connectivity index (χ0n) is 71.3. The largest absolute Gasteiger partial charge is 0.508 e. The molecule has 13 aromatic rings. The lowest BCUT2D eigenvalue weighted by atomic mass is 10.2. The van der Waals surface area contributed by atoms with Gasteiger partial charge in [-0.05, 0) is 208 Å². The van der Waals surface area contributed by atoms with Crippen LogP contribution in [0.15, 0.2) is 243 Å². The predicted octanol–water partition coefficient (Wildman–Crippen LogP) is 14.1. The average Bonchev–Trinajstić information content (AvgIpc) is 0.863. The molecule has 0 unspecified atom stereocenters. The molecule has 706 valence electrons. The minimum absolute atomic E-state index is 0.0279. The zero-order chi connectivity index (χ0) is 102. The van der Waals surface area contributed by atoms with Crippen LogP contribution in [0.4, 0.5) is 0 Å². The van der Waals surface area contributed by atoms with Crippen molar-refractivity contribution in [2.75, 3.05) is 27.4 Å². The predicted molar refractivity (Wildman–Crippen MR) is 484 cm³/mol. The maximum absolute atomic E-state index is 10.4. The van der Waals surface area contributed by atoms with E-state index in [0.717, 1.165) is 30.6 Å². The van der Waals surface area contributed by atoms with Crippen LogP contribution in [-0.4, -0.2) is 216 Å². The first-order valence-electron chi connectivity index (χ1n) is 37.8.